The lowest BCUT2D eigenvalue weighted by Gasteiger charge is -2.29. The Morgan fingerprint density at radius 1 is 1.15 bits per heavy atom. The third-order valence-corrected chi connectivity index (χ3v) is 7.28. The molecule has 9 heteroatoms. The summed E-state index contributed by atoms with van der Waals surface area (Å²) >= 11 is 7.44. The highest BCUT2D eigenvalue weighted by molar-refractivity contribution is 7.89. The molecule has 142 valence electrons. The van der Waals surface area contributed by atoms with Crippen molar-refractivity contribution in [3.63, 3.8) is 0 Å². The number of thiophene rings is 1. The van der Waals surface area contributed by atoms with Gasteiger partial charge in [0.1, 0.15) is 11.5 Å². The normalized spacial score (nSPS) is 20.8. The van der Waals surface area contributed by atoms with Gasteiger partial charge in [0.15, 0.2) is 0 Å². The Bertz CT molecular complexity index is 816. The van der Waals surface area contributed by atoms with Crippen LogP contribution in [-0.4, -0.2) is 37.0 Å². The van der Waals surface area contributed by atoms with Crippen molar-refractivity contribution in [2.75, 3.05) is 17.6 Å². The second-order valence-electron chi connectivity index (χ2n) is 6.52. The topological polar surface area (TPSA) is 84.0 Å². The summed E-state index contributed by atoms with van der Waals surface area (Å²) in [5.41, 5.74) is 0.819. The van der Waals surface area contributed by atoms with Crippen molar-refractivity contribution >= 4 is 38.8 Å². The molecule has 0 bridgehead atoms. The quantitative estimate of drug-likeness (QED) is 0.720. The van der Waals surface area contributed by atoms with E-state index in [1.165, 1.54) is 11.3 Å². The average Bonchev–Trinajstić information content (AvgIpc) is 3.08. The zero-order valence-corrected chi connectivity index (χ0v) is 17.0. The van der Waals surface area contributed by atoms with Crippen molar-refractivity contribution in [2.45, 2.75) is 38.6 Å². The highest BCUT2D eigenvalue weighted by atomic mass is 35.5. The number of rotatable bonds is 7. The molecule has 2 aromatic heterocycles. The second-order valence-corrected chi connectivity index (χ2v) is 10.3. The monoisotopic (exact) mass is 414 g/mol. The molecule has 1 aliphatic rings. The fourth-order valence-corrected chi connectivity index (χ4v) is 4.76. The van der Waals surface area contributed by atoms with Gasteiger partial charge in [0.2, 0.25) is 10.0 Å². The number of hydrogen-bond donors (Lipinski definition) is 2. The van der Waals surface area contributed by atoms with Crippen molar-refractivity contribution in [1.29, 1.82) is 0 Å². The highest BCUT2D eigenvalue weighted by Crippen LogP contribution is 2.30. The van der Waals surface area contributed by atoms with Crippen molar-refractivity contribution in [1.82, 2.24) is 14.9 Å². The molecule has 0 radical (unpaired) electrons. The lowest BCUT2D eigenvalue weighted by Crippen LogP contribution is -2.34. The first kappa shape index (κ1) is 19.5. The minimum absolute atomic E-state index is 0.135. The van der Waals surface area contributed by atoms with Crippen LogP contribution in [0.15, 0.2) is 24.3 Å². The van der Waals surface area contributed by atoms with Gasteiger partial charge >= 0.3 is 0 Å². The van der Waals surface area contributed by atoms with Crippen LogP contribution in [0.3, 0.4) is 0 Å². The van der Waals surface area contributed by atoms with Gasteiger partial charge in [-0.2, -0.15) is 0 Å². The number of nitrogens with one attached hydrogen (secondary N) is 2. The summed E-state index contributed by atoms with van der Waals surface area (Å²) in [5.74, 6) is 1.31. The molecule has 0 aliphatic heterocycles. The van der Waals surface area contributed by atoms with Crippen molar-refractivity contribution < 1.29 is 8.42 Å². The molecule has 0 unspecified atom stereocenters. The predicted molar refractivity (Wildman–Crippen MR) is 107 cm³/mol. The van der Waals surface area contributed by atoms with Gasteiger partial charge in [0, 0.05) is 12.6 Å². The maximum absolute atomic E-state index is 11.5. The number of aromatic nitrogens is 2. The Labute approximate surface area is 163 Å². The third-order valence-electron chi connectivity index (χ3n) is 4.66. The molecular weight excluding hydrogens is 392 g/mol. The van der Waals surface area contributed by atoms with E-state index < -0.39 is 10.0 Å². The molecule has 6 nitrogen and oxygen atoms in total. The molecule has 0 aromatic carbocycles. The van der Waals surface area contributed by atoms with Crippen LogP contribution >= 0.6 is 22.9 Å². The van der Waals surface area contributed by atoms with Crippen molar-refractivity contribution in [2.24, 2.45) is 5.92 Å². The van der Waals surface area contributed by atoms with Gasteiger partial charge in [-0.25, -0.2) is 13.1 Å². The summed E-state index contributed by atoms with van der Waals surface area (Å²) in [7, 11) is -3.10. The maximum atomic E-state index is 11.5. The number of anilines is 1. The second kappa shape index (κ2) is 8.65. The summed E-state index contributed by atoms with van der Waals surface area (Å²) in [6, 6.07) is 8.04. The molecule has 2 aromatic rings. The van der Waals surface area contributed by atoms with Crippen LogP contribution in [0.5, 0.6) is 0 Å². The van der Waals surface area contributed by atoms with Crippen LogP contribution in [-0.2, 0) is 10.0 Å². The standard InChI is InChI=1S/C17H23ClN4O2S2/c1-2-26(23,24)19-11-12-3-5-13(6-4-12)20-17-10-7-14(21-22-17)15-8-9-16(18)25-15/h7-10,12-13,19H,2-6,11H2,1H3,(H,20,22). The molecule has 2 N–H and O–H groups in total. The third kappa shape index (κ3) is 5.39. The number of halogens is 1. The first-order chi connectivity index (χ1) is 12.4. The van der Waals surface area contributed by atoms with E-state index in [9.17, 15) is 8.42 Å². The van der Waals surface area contributed by atoms with E-state index in [-0.39, 0.29) is 5.75 Å². The van der Waals surface area contributed by atoms with Gasteiger partial charge in [0.25, 0.3) is 0 Å². The Hall–Kier alpha value is -1.22. The first-order valence-corrected chi connectivity index (χ1v) is 11.6. The molecule has 1 fully saturated rings. The van der Waals surface area contributed by atoms with E-state index >= 15 is 0 Å². The number of hydrogen-bond acceptors (Lipinski definition) is 6. The van der Waals surface area contributed by atoms with E-state index in [0.29, 0.717) is 18.5 Å². The van der Waals surface area contributed by atoms with Gasteiger partial charge in [0.05, 0.1) is 15.0 Å². The molecule has 0 atom stereocenters. The maximum Gasteiger partial charge on any atom is 0.211 e. The Morgan fingerprint density at radius 3 is 2.50 bits per heavy atom. The molecule has 1 aliphatic carbocycles. The number of nitrogens with zero attached hydrogens (tertiary/aromatic N) is 2. The Kier molecular flexibility index (Phi) is 6.50. The SMILES string of the molecule is CCS(=O)(=O)NCC1CCC(Nc2ccc(-c3ccc(Cl)s3)nn2)CC1. The molecular formula is C17H23ClN4O2S2. The molecule has 3 rings (SSSR count). The molecule has 1 saturated carbocycles. The average molecular weight is 415 g/mol. The summed E-state index contributed by atoms with van der Waals surface area (Å²) in [6.07, 6.45) is 4.01. The number of sulfonamides is 1. The molecule has 0 saturated heterocycles. The minimum atomic E-state index is -3.10. The first-order valence-electron chi connectivity index (χ1n) is 8.78. The van der Waals surface area contributed by atoms with Gasteiger partial charge in [-0.05, 0) is 62.8 Å². The largest absolute Gasteiger partial charge is 0.366 e. The van der Waals surface area contributed by atoms with Crippen molar-refractivity contribution in [3.05, 3.63) is 28.6 Å². The van der Waals surface area contributed by atoms with Crippen LogP contribution in [0, 0.1) is 5.92 Å². The fraction of sp³-hybridized carbons (Fsp3) is 0.529. The van der Waals surface area contributed by atoms with E-state index in [1.807, 2.05) is 24.3 Å². The molecule has 26 heavy (non-hydrogen) atoms. The Balaban J connectivity index is 1.47. The van der Waals surface area contributed by atoms with Crippen LogP contribution in [0.1, 0.15) is 32.6 Å². The van der Waals surface area contributed by atoms with E-state index in [2.05, 4.69) is 20.2 Å². The van der Waals surface area contributed by atoms with E-state index in [1.54, 1.807) is 6.92 Å². The lowest BCUT2D eigenvalue weighted by molar-refractivity contribution is 0.337. The van der Waals surface area contributed by atoms with E-state index in [0.717, 1.165) is 46.4 Å². The zero-order chi connectivity index (χ0) is 18.6. The van der Waals surface area contributed by atoms with Gasteiger partial charge < -0.3 is 5.32 Å². The summed E-state index contributed by atoms with van der Waals surface area (Å²) < 4.78 is 26.5. The van der Waals surface area contributed by atoms with Crippen LogP contribution < -0.4 is 10.0 Å². The van der Waals surface area contributed by atoms with Crippen molar-refractivity contribution in [3.8, 4) is 10.6 Å². The van der Waals surface area contributed by atoms with Crippen LogP contribution in [0.4, 0.5) is 5.82 Å². The summed E-state index contributed by atoms with van der Waals surface area (Å²) in [4.78, 5) is 1.00. The van der Waals surface area contributed by atoms with Crippen LogP contribution in [0.2, 0.25) is 4.34 Å². The smallest absolute Gasteiger partial charge is 0.211 e. The van der Waals surface area contributed by atoms with Gasteiger partial charge in [-0.15, -0.1) is 21.5 Å². The summed E-state index contributed by atoms with van der Waals surface area (Å²) in [6.45, 7) is 2.20. The lowest BCUT2D eigenvalue weighted by atomic mass is 9.86. The zero-order valence-electron chi connectivity index (χ0n) is 14.6. The molecule has 0 spiro atoms. The Morgan fingerprint density at radius 2 is 1.92 bits per heavy atom. The van der Waals surface area contributed by atoms with E-state index in [4.69, 9.17) is 11.6 Å². The predicted octanol–water partition coefficient (Wildman–Crippen LogP) is 3.77. The van der Waals surface area contributed by atoms with Gasteiger partial charge in [-0.3, -0.25) is 0 Å². The fourth-order valence-electron chi connectivity index (χ4n) is 3.06. The highest BCUT2D eigenvalue weighted by Gasteiger charge is 2.22. The minimum Gasteiger partial charge on any atom is -0.366 e. The van der Waals surface area contributed by atoms with Crippen LogP contribution in [0.25, 0.3) is 10.6 Å². The summed E-state index contributed by atoms with van der Waals surface area (Å²) in [5, 5.41) is 12.0. The molecule has 2 heterocycles. The molecule has 0 amide bonds. The van der Waals surface area contributed by atoms with Gasteiger partial charge in [-0.1, -0.05) is 11.6 Å².